The molecule has 1 N–H and O–H groups in total. The van der Waals surface area contributed by atoms with E-state index < -0.39 is 21.0 Å². The molecule has 14 heavy (non-hydrogen) atoms. The Morgan fingerprint density at radius 1 is 1.36 bits per heavy atom. The zero-order valence-corrected chi connectivity index (χ0v) is 11.7. The third-order valence-corrected chi connectivity index (χ3v) is 4.37. The Labute approximate surface area is 107 Å². The minimum absolute atomic E-state index is 0. The van der Waals surface area contributed by atoms with Crippen LogP contribution in [-0.2, 0) is 10.1 Å². The Morgan fingerprint density at radius 3 is 2.21 bits per heavy atom. The first-order chi connectivity index (χ1) is 5.77. The van der Waals surface area contributed by atoms with E-state index in [0.717, 1.165) is 6.42 Å². The second-order valence-electron chi connectivity index (χ2n) is 4.09. The largest absolute Gasteiger partial charge is 1.00 e. The summed E-state index contributed by atoms with van der Waals surface area (Å²) in [4.78, 5) is -2.04. The molecule has 0 aromatic carbocycles. The van der Waals surface area contributed by atoms with Crippen LogP contribution in [-0.4, -0.2) is 23.0 Å². The van der Waals surface area contributed by atoms with Crippen molar-refractivity contribution in [1.82, 2.24) is 0 Å². The minimum Gasteiger partial charge on any atom is -0.746 e. The molecule has 0 amide bonds. The first-order valence-corrected chi connectivity index (χ1v) is 5.86. The molecule has 1 rings (SSSR count). The van der Waals surface area contributed by atoms with Crippen LogP contribution in [0.15, 0.2) is 0 Å². The van der Waals surface area contributed by atoms with E-state index in [9.17, 15) is 18.1 Å². The van der Waals surface area contributed by atoms with Gasteiger partial charge in [0, 0.05) is 0 Å². The first kappa shape index (κ1) is 14.9. The quantitative estimate of drug-likeness (QED) is 0.405. The topological polar surface area (TPSA) is 77.4 Å². The van der Waals surface area contributed by atoms with Gasteiger partial charge in [-0.25, -0.2) is 8.42 Å². The molecule has 0 aliphatic heterocycles. The monoisotopic (exact) mass is 230 g/mol. The van der Waals surface area contributed by atoms with Crippen LogP contribution in [0.4, 0.5) is 0 Å². The molecule has 6 heteroatoms. The molecule has 0 heterocycles. The fourth-order valence-corrected chi connectivity index (χ4v) is 3.01. The molecule has 4 nitrogen and oxygen atoms in total. The third-order valence-electron chi connectivity index (χ3n) is 2.94. The van der Waals surface area contributed by atoms with Crippen molar-refractivity contribution in [3.05, 3.63) is 0 Å². The van der Waals surface area contributed by atoms with Gasteiger partial charge in [0.1, 0.15) is 10.1 Å². The molecule has 1 aliphatic carbocycles. The molecule has 3 atom stereocenters. The van der Waals surface area contributed by atoms with Crippen molar-refractivity contribution in [3.63, 3.8) is 0 Å². The Hall–Kier alpha value is 0.870. The van der Waals surface area contributed by atoms with Crippen molar-refractivity contribution in [3.8, 4) is 0 Å². The third kappa shape index (κ3) is 2.71. The summed E-state index contributed by atoms with van der Waals surface area (Å²) in [6.07, 6.45) is 1.54. The van der Waals surface area contributed by atoms with Crippen LogP contribution < -0.4 is 29.6 Å². The van der Waals surface area contributed by atoms with Gasteiger partial charge < -0.3 is 9.66 Å². The van der Waals surface area contributed by atoms with Crippen molar-refractivity contribution in [2.24, 2.45) is 11.8 Å². The van der Waals surface area contributed by atoms with E-state index in [4.69, 9.17) is 0 Å². The number of aliphatic hydroxyl groups is 1. The first-order valence-electron chi connectivity index (χ1n) is 4.45. The Morgan fingerprint density at radius 2 is 1.86 bits per heavy atom. The summed E-state index contributed by atoms with van der Waals surface area (Å²) in [5.74, 6) is -0.351. The number of hydrogen-bond acceptors (Lipinski definition) is 4. The van der Waals surface area contributed by atoms with Crippen molar-refractivity contribution in [2.45, 2.75) is 38.0 Å². The summed E-state index contributed by atoms with van der Waals surface area (Å²) in [5.41, 5.74) is 0. The zero-order chi connectivity index (χ0) is 10.3. The maximum absolute atomic E-state index is 10.9. The van der Waals surface area contributed by atoms with Gasteiger partial charge in [-0.1, -0.05) is 20.3 Å². The van der Waals surface area contributed by atoms with Gasteiger partial charge in [0.2, 0.25) is 0 Å². The number of rotatable bonds is 1. The van der Waals surface area contributed by atoms with E-state index >= 15 is 0 Å². The van der Waals surface area contributed by atoms with Crippen LogP contribution in [0.1, 0.15) is 33.1 Å². The Bertz CT molecular complexity index is 290. The van der Waals surface area contributed by atoms with E-state index in [0.29, 0.717) is 6.42 Å². The van der Waals surface area contributed by atoms with Gasteiger partial charge in [-0.05, 0) is 24.7 Å². The Balaban J connectivity index is 0.00000169. The zero-order valence-electron chi connectivity index (χ0n) is 8.86. The number of hydrogen-bond donors (Lipinski definition) is 1. The van der Waals surface area contributed by atoms with Crippen molar-refractivity contribution >= 4 is 10.1 Å². The molecular weight excluding hydrogens is 215 g/mol. The second-order valence-corrected chi connectivity index (χ2v) is 5.70. The van der Waals surface area contributed by atoms with Gasteiger partial charge in [0.15, 0.2) is 4.93 Å². The van der Waals surface area contributed by atoms with Crippen LogP contribution in [0, 0.1) is 11.8 Å². The summed E-state index contributed by atoms with van der Waals surface area (Å²) in [6.45, 7) is 3.46. The molecular formula is C8H15NaO4S. The van der Waals surface area contributed by atoms with E-state index in [-0.39, 0.29) is 41.9 Å². The van der Waals surface area contributed by atoms with Crippen molar-refractivity contribution in [1.29, 1.82) is 0 Å². The summed E-state index contributed by atoms with van der Waals surface area (Å²) in [7, 11) is -4.60. The van der Waals surface area contributed by atoms with Crippen LogP contribution in [0.25, 0.3) is 0 Å². The average Bonchev–Trinajstić information content (AvgIpc) is 1.95. The van der Waals surface area contributed by atoms with Gasteiger partial charge in [0.05, 0.1) is 0 Å². The van der Waals surface area contributed by atoms with Crippen LogP contribution in [0.5, 0.6) is 0 Å². The molecule has 3 unspecified atom stereocenters. The maximum atomic E-state index is 10.9. The molecule has 0 bridgehead atoms. The molecule has 1 aliphatic rings. The van der Waals surface area contributed by atoms with Gasteiger partial charge in [-0.2, -0.15) is 0 Å². The summed E-state index contributed by atoms with van der Waals surface area (Å²) < 4.78 is 32.6. The summed E-state index contributed by atoms with van der Waals surface area (Å²) in [5, 5.41) is 9.75. The standard InChI is InChI=1S/C8H16O4S.Na/c1-6-3-4-7(2)8(9,5-6)13(10,11)12;/h6-7,9H,3-5H2,1-2H3,(H,10,11,12);/q;+1/p-1. The van der Waals surface area contributed by atoms with Crippen LogP contribution >= 0.6 is 0 Å². The predicted molar refractivity (Wildman–Crippen MR) is 46.8 cm³/mol. The van der Waals surface area contributed by atoms with E-state index in [2.05, 4.69) is 0 Å². The summed E-state index contributed by atoms with van der Waals surface area (Å²) >= 11 is 0. The van der Waals surface area contributed by atoms with Crippen molar-refractivity contribution < 1.29 is 47.6 Å². The predicted octanol–water partition coefficient (Wildman–Crippen LogP) is -2.32. The minimum atomic E-state index is -4.60. The molecule has 1 fully saturated rings. The van der Waals surface area contributed by atoms with E-state index in [1.807, 2.05) is 6.92 Å². The average molecular weight is 230 g/mol. The fourth-order valence-electron chi connectivity index (χ4n) is 1.91. The molecule has 0 spiro atoms. The molecule has 0 aromatic rings. The van der Waals surface area contributed by atoms with E-state index in [1.54, 1.807) is 6.92 Å². The SMILES string of the molecule is CC1CCC(C)C(O)(S(=O)(=O)[O-])C1.[Na+]. The molecule has 0 radical (unpaired) electrons. The van der Waals surface area contributed by atoms with Gasteiger partial charge in [0.25, 0.3) is 0 Å². The molecule has 0 aromatic heterocycles. The normalized spacial score (nSPS) is 38.9. The fraction of sp³-hybridized carbons (Fsp3) is 1.00. The van der Waals surface area contributed by atoms with E-state index in [1.165, 1.54) is 0 Å². The Kier molecular flexibility index (Phi) is 5.10. The molecule has 0 saturated heterocycles. The van der Waals surface area contributed by atoms with Gasteiger partial charge >= 0.3 is 29.6 Å². The second kappa shape index (κ2) is 4.80. The maximum Gasteiger partial charge on any atom is 1.00 e. The molecule has 1 saturated carbocycles. The molecule has 78 valence electrons. The smallest absolute Gasteiger partial charge is 0.746 e. The van der Waals surface area contributed by atoms with Gasteiger partial charge in [-0.3, -0.25) is 0 Å². The summed E-state index contributed by atoms with van der Waals surface area (Å²) in [6, 6.07) is 0. The van der Waals surface area contributed by atoms with Crippen LogP contribution in [0.2, 0.25) is 0 Å². The van der Waals surface area contributed by atoms with Gasteiger partial charge in [-0.15, -0.1) is 0 Å². The van der Waals surface area contributed by atoms with Crippen molar-refractivity contribution in [2.75, 3.05) is 0 Å². The van der Waals surface area contributed by atoms with Crippen LogP contribution in [0.3, 0.4) is 0 Å².